The van der Waals surface area contributed by atoms with E-state index in [0.29, 0.717) is 13.0 Å². The zero-order valence-corrected chi connectivity index (χ0v) is 19.1. The lowest BCUT2D eigenvalue weighted by Crippen LogP contribution is -2.19. The van der Waals surface area contributed by atoms with Crippen molar-refractivity contribution in [2.75, 3.05) is 0 Å². The number of alkyl halides is 3. The molecule has 3 aromatic rings. The van der Waals surface area contributed by atoms with E-state index in [2.05, 4.69) is 15.3 Å². The maximum Gasteiger partial charge on any atom is 0.399 e. The zero-order chi connectivity index (χ0) is 24.4. The minimum atomic E-state index is -4.31. The van der Waals surface area contributed by atoms with Crippen molar-refractivity contribution in [2.45, 2.75) is 46.3 Å². The molecule has 0 bridgehead atoms. The van der Waals surface area contributed by atoms with Crippen molar-refractivity contribution in [1.82, 2.24) is 15.3 Å². The van der Waals surface area contributed by atoms with Gasteiger partial charge in [-0.2, -0.15) is 13.2 Å². The Kier molecular flexibility index (Phi) is 9.33. The van der Waals surface area contributed by atoms with Crippen molar-refractivity contribution < 1.29 is 18.0 Å². The smallest absolute Gasteiger partial charge is 0.353 e. The SMILES string of the molecule is Cc1cc(C)cc(C(/C=C/c2ccc(C)c(C)c2)C(F)(F)F)c1.O=CNCc1cnccn1. The van der Waals surface area contributed by atoms with E-state index in [1.165, 1.54) is 6.08 Å². The number of aromatic nitrogens is 2. The second-order valence-corrected chi connectivity index (χ2v) is 7.84. The van der Waals surface area contributed by atoms with Crippen LogP contribution in [0.2, 0.25) is 0 Å². The predicted octanol–water partition coefficient (Wildman–Crippen LogP) is 6.00. The van der Waals surface area contributed by atoms with Crippen molar-refractivity contribution in [3.63, 3.8) is 0 Å². The minimum Gasteiger partial charge on any atom is -0.353 e. The van der Waals surface area contributed by atoms with Crippen LogP contribution in [0.1, 0.15) is 45.0 Å². The number of amides is 1. The molecule has 0 radical (unpaired) electrons. The highest BCUT2D eigenvalue weighted by Crippen LogP contribution is 2.37. The van der Waals surface area contributed by atoms with Crippen LogP contribution in [-0.4, -0.2) is 22.6 Å². The van der Waals surface area contributed by atoms with E-state index in [-0.39, 0.29) is 5.56 Å². The van der Waals surface area contributed by atoms with E-state index in [0.717, 1.165) is 33.5 Å². The molecule has 0 aliphatic carbocycles. The summed E-state index contributed by atoms with van der Waals surface area (Å²) >= 11 is 0. The molecule has 0 saturated carbocycles. The number of halogens is 3. The lowest BCUT2D eigenvalue weighted by molar-refractivity contribution is -0.139. The third kappa shape index (κ3) is 8.52. The molecule has 0 spiro atoms. The molecule has 2 aromatic carbocycles. The Hall–Kier alpha value is -3.48. The van der Waals surface area contributed by atoms with Crippen molar-refractivity contribution in [3.8, 4) is 0 Å². The van der Waals surface area contributed by atoms with Crippen LogP contribution < -0.4 is 5.32 Å². The highest BCUT2D eigenvalue weighted by Gasteiger charge is 2.39. The number of carbonyl (C=O) groups is 1. The first-order valence-corrected chi connectivity index (χ1v) is 10.4. The molecule has 1 aromatic heterocycles. The average molecular weight is 456 g/mol. The summed E-state index contributed by atoms with van der Waals surface area (Å²) in [6.07, 6.45) is 3.91. The van der Waals surface area contributed by atoms with Crippen LogP contribution in [0.15, 0.2) is 61.1 Å². The van der Waals surface area contributed by atoms with Crippen molar-refractivity contribution in [1.29, 1.82) is 0 Å². The molecule has 3 rings (SSSR count). The number of carbonyl (C=O) groups excluding carboxylic acids is 1. The Balaban J connectivity index is 0.000000321. The lowest BCUT2D eigenvalue weighted by Gasteiger charge is -2.18. The first-order valence-electron chi connectivity index (χ1n) is 10.4. The van der Waals surface area contributed by atoms with Gasteiger partial charge in [0.05, 0.1) is 24.4 Å². The van der Waals surface area contributed by atoms with Gasteiger partial charge in [0.1, 0.15) is 0 Å². The zero-order valence-electron chi connectivity index (χ0n) is 19.1. The van der Waals surface area contributed by atoms with Crippen LogP contribution in [0, 0.1) is 27.7 Å². The van der Waals surface area contributed by atoms with Gasteiger partial charge < -0.3 is 5.32 Å². The quantitative estimate of drug-likeness (QED) is 0.464. The topological polar surface area (TPSA) is 54.9 Å². The van der Waals surface area contributed by atoms with Gasteiger partial charge in [0, 0.05) is 12.4 Å². The Morgan fingerprint density at radius 3 is 2.21 bits per heavy atom. The molecule has 1 N–H and O–H groups in total. The summed E-state index contributed by atoms with van der Waals surface area (Å²) < 4.78 is 40.4. The van der Waals surface area contributed by atoms with Crippen LogP contribution in [0.25, 0.3) is 6.08 Å². The fourth-order valence-corrected chi connectivity index (χ4v) is 3.24. The molecular weight excluding hydrogens is 427 g/mol. The molecule has 1 unspecified atom stereocenters. The first-order chi connectivity index (χ1) is 15.6. The van der Waals surface area contributed by atoms with Gasteiger partial charge in [-0.05, 0) is 49.9 Å². The predicted molar refractivity (Wildman–Crippen MR) is 125 cm³/mol. The van der Waals surface area contributed by atoms with Gasteiger partial charge in [0.25, 0.3) is 0 Å². The van der Waals surface area contributed by atoms with E-state index in [9.17, 15) is 18.0 Å². The summed E-state index contributed by atoms with van der Waals surface area (Å²) in [6.45, 7) is 8.01. The van der Waals surface area contributed by atoms with Crippen molar-refractivity contribution >= 4 is 12.5 Å². The summed E-state index contributed by atoms with van der Waals surface area (Å²) in [7, 11) is 0. The number of nitrogens with one attached hydrogen (secondary N) is 1. The van der Waals surface area contributed by atoms with Crippen LogP contribution in [-0.2, 0) is 11.3 Å². The van der Waals surface area contributed by atoms with E-state index >= 15 is 0 Å². The van der Waals surface area contributed by atoms with Gasteiger partial charge in [-0.15, -0.1) is 0 Å². The number of benzene rings is 2. The molecule has 0 aliphatic heterocycles. The molecule has 4 nitrogen and oxygen atoms in total. The molecule has 174 valence electrons. The fourth-order valence-electron chi connectivity index (χ4n) is 3.24. The van der Waals surface area contributed by atoms with E-state index in [1.807, 2.05) is 52.0 Å². The maximum absolute atomic E-state index is 13.5. The second-order valence-electron chi connectivity index (χ2n) is 7.84. The third-order valence-electron chi connectivity index (χ3n) is 4.95. The molecule has 1 heterocycles. The maximum atomic E-state index is 13.5. The molecule has 0 aliphatic rings. The van der Waals surface area contributed by atoms with Crippen LogP contribution >= 0.6 is 0 Å². The number of hydrogen-bond acceptors (Lipinski definition) is 3. The first kappa shape index (κ1) is 25.8. The highest BCUT2D eigenvalue weighted by atomic mass is 19.4. The van der Waals surface area contributed by atoms with Gasteiger partial charge in [0.2, 0.25) is 6.41 Å². The average Bonchev–Trinajstić information content (AvgIpc) is 2.74. The van der Waals surface area contributed by atoms with E-state index in [4.69, 9.17) is 0 Å². The van der Waals surface area contributed by atoms with Gasteiger partial charge >= 0.3 is 6.18 Å². The number of hydrogen-bond donors (Lipinski definition) is 1. The Morgan fingerprint density at radius 2 is 1.67 bits per heavy atom. The number of rotatable bonds is 6. The van der Waals surface area contributed by atoms with Gasteiger partial charge in [0.15, 0.2) is 0 Å². The van der Waals surface area contributed by atoms with E-state index in [1.54, 1.807) is 36.8 Å². The fraction of sp³-hybridized carbons (Fsp3) is 0.269. The monoisotopic (exact) mass is 455 g/mol. The number of nitrogens with zero attached hydrogens (tertiary/aromatic N) is 2. The number of aryl methyl sites for hydroxylation is 4. The second kappa shape index (κ2) is 11.9. The van der Waals surface area contributed by atoms with Crippen LogP contribution in [0.4, 0.5) is 13.2 Å². The summed E-state index contributed by atoms with van der Waals surface area (Å²) in [5, 5.41) is 2.48. The summed E-state index contributed by atoms with van der Waals surface area (Å²) in [6, 6.07) is 10.8. The number of allylic oxidation sites excluding steroid dienone is 1. The summed E-state index contributed by atoms with van der Waals surface area (Å²) in [5.41, 5.74) is 5.71. The molecule has 1 atom stereocenters. The molecule has 0 fully saturated rings. The Bertz CT molecular complexity index is 1060. The Morgan fingerprint density at radius 1 is 0.970 bits per heavy atom. The summed E-state index contributed by atoms with van der Waals surface area (Å²) in [5.74, 6) is -1.59. The normalized spacial score (nSPS) is 12.1. The standard InChI is InChI=1S/C20H21F3.C6H7N3O/c1-13-9-14(2)11-18(10-13)19(20(21,22)23)8-7-17-6-5-15(3)16(4)12-17;10-5-8-4-6-3-7-1-2-9-6/h5-12,19H,1-4H3;1-3,5H,4H2,(H,8,10)/b8-7+;. The molecule has 33 heavy (non-hydrogen) atoms. The minimum absolute atomic E-state index is 0.287. The molecule has 7 heteroatoms. The molecular formula is C26H28F3N3O. The largest absolute Gasteiger partial charge is 0.399 e. The lowest BCUT2D eigenvalue weighted by atomic mass is 9.93. The van der Waals surface area contributed by atoms with Crippen LogP contribution in [0.3, 0.4) is 0 Å². The summed E-state index contributed by atoms with van der Waals surface area (Å²) in [4.78, 5) is 17.6. The van der Waals surface area contributed by atoms with Gasteiger partial charge in [-0.3, -0.25) is 14.8 Å². The Labute approximate surface area is 192 Å². The highest BCUT2D eigenvalue weighted by molar-refractivity contribution is 5.53. The molecule has 0 saturated heterocycles. The van der Waals surface area contributed by atoms with Gasteiger partial charge in [-0.25, -0.2) is 0 Å². The molecule has 1 amide bonds. The van der Waals surface area contributed by atoms with Gasteiger partial charge in [-0.1, -0.05) is 59.7 Å². The van der Waals surface area contributed by atoms with Crippen molar-refractivity contribution in [2.24, 2.45) is 0 Å². The van der Waals surface area contributed by atoms with Crippen LogP contribution in [0.5, 0.6) is 0 Å². The van der Waals surface area contributed by atoms with E-state index < -0.39 is 12.1 Å². The van der Waals surface area contributed by atoms with Crippen molar-refractivity contribution in [3.05, 3.63) is 100 Å². The third-order valence-corrected chi connectivity index (χ3v) is 4.95.